The molecule has 2 unspecified atom stereocenters. The molecule has 1 heterocycles. The summed E-state index contributed by atoms with van der Waals surface area (Å²) in [5, 5.41) is 0. The lowest BCUT2D eigenvalue weighted by Crippen LogP contribution is -2.41. The van der Waals surface area contributed by atoms with Gasteiger partial charge in [-0.3, -0.25) is 4.79 Å². The lowest BCUT2D eigenvalue weighted by Gasteiger charge is -2.29. The predicted octanol–water partition coefficient (Wildman–Crippen LogP) is 2.64. The van der Waals surface area contributed by atoms with Gasteiger partial charge in [-0.05, 0) is 23.2 Å². The molecule has 1 aliphatic heterocycles. The van der Waals surface area contributed by atoms with Crippen molar-refractivity contribution in [1.82, 2.24) is 4.90 Å². The number of carbonyl (C=O) groups excluding carboxylic acids is 1. The van der Waals surface area contributed by atoms with E-state index < -0.39 is 0 Å². The molecule has 106 valence electrons. The Labute approximate surface area is 112 Å². The third kappa shape index (κ3) is 3.98. The van der Waals surface area contributed by atoms with Gasteiger partial charge in [0, 0.05) is 25.6 Å². The lowest BCUT2D eigenvalue weighted by atomic mass is 9.80. The highest BCUT2D eigenvalue weighted by Gasteiger charge is 2.35. The summed E-state index contributed by atoms with van der Waals surface area (Å²) < 4.78 is 0. The van der Waals surface area contributed by atoms with Crippen molar-refractivity contribution in [3.8, 4) is 0 Å². The molecule has 0 aromatic carbocycles. The van der Waals surface area contributed by atoms with Crippen molar-refractivity contribution < 1.29 is 4.79 Å². The first kappa shape index (κ1) is 15.5. The van der Waals surface area contributed by atoms with Crippen LogP contribution >= 0.6 is 0 Å². The zero-order valence-electron chi connectivity index (χ0n) is 12.9. The van der Waals surface area contributed by atoms with E-state index in [1.807, 2.05) is 4.90 Å². The second-order valence-corrected chi connectivity index (χ2v) is 7.87. The molecule has 1 amide bonds. The smallest absolute Gasteiger partial charge is 0.224 e. The number of nitrogens with zero attached hydrogens (tertiary/aromatic N) is 1. The van der Waals surface area contributed by atoms with Crippen LogP contribution in [0.2, 0.25) is 0 Å². The predicted molar refractivity (Wildman–Crippen MR) is 76.2 cm³/mol. The van der Waals surface area contributed by atoms with Gasteiger partial charge in [0.15, 0.2) is 0 Å². The fraction of sp³-hybridized carbons (Fsp3) is 0.933. The quantitative estimate of drug-likeness (QED) is 0.823. The Morgan fingerprint density at radius 1 is 1.28 bits per heavy atom. The third-order valence-electron chi connectivity index (χ3n) is 4.27. The monoisotopic (exact) mass is 254 g/mol. The van der Waals surface area contributed by atoms with Gasteiger partial charge in [-0.1, -0.05) is 41.5 Å². The Hall–Kier alpha value is -0.570. The molecule has 3 heteroatoms. The van der Waals surface area contributed by atoms with Gasteiger partial charge in [0.25, 0.3) is 0 Å². The van der Waals surface area contributed by atoms with Crippen molar-refractivity contribution in [2.75, 3.05) is 13.1 Å². The standard InChI is InChI=1S/C15H30N2O/c1-14(2,3)11-7-8-17(10-11)13(18)9-12(16)15(4,5)6/h11-12H,7-10,16H2,1-6H3. The highest BCUT2D eigenvalue weighted by Crippen LogP contribution is 2.34. The number of hydrogen-bond donors (Lipinski definition) is 1. The average molecular weight is 254 g/mol. The van der Waals surface area contributed by atoms with Gasteiger partial charge in [0.05, 0.1) is 0 Å². The Bertz CT molecular complexity index is 299. The second kappa shape index (κ2) is 5.20. The van der Waals surface area contributed by atoms with E-state index in [-0.39, 0.29) is 17.4 Å². The molecule has 3 nitrogen and oxygen atoms in total. The van der Waals surface area contributed by atoms with Gasteiger partial charge in [-0.2, -0.15) is 0 Å². The molecule has 1 rings (SSSR count). The molecule has 18 heavy (non-hydrogen) atoms. The summed E-state index contributed by atoms with van der Waals surface area (Å²) >= 11 is 0. The molecule has 2 atom stereocenters. The molecule has 0 aromatic heterocycles. The van der Waals surface area contributed by atoms with Crippen molar-refractivity contribution in [2.24, 2.45) is 22.5 Å². The zero-order chi connectivity index (χ0) is 14.1. The van der Waals surface area contributed by atoms with Crippen LogP contribution in [0.25, 0.3) is 0 Å². The number of nitrogens with two attached hydrogens (primary N) is 1. The van der Waals surface area contributed by atoms with E-state index in [4.69, 9.17) is 5.73 Å². The van der Waals surface area contributed by atoms with E-state index in [0.29, 0.717) is 17.8 Å². The maximum atomic E-state index is 12.2. The lowest BCUT2D eigenvalue weighted by molar-refractivity contribution is -0.131. The summed E-state index contributed by atoms with van der Waals surface area (Å²) in [6.07, 6.45) is 1.60. The molecule has 0 aliphatic carbocycles. The maximum Gasteiger partial charge on any atom is 0.224 e. The molecule has 1 aliphatic rings. The largest absolute Gasteiger partial charge is 0.342 e. The van der Waals surface area contributed by atoms with E-state index in [1.165, 1.54) is 0 Å². The van der Waals surface area contributed by atoms with Gasteiger partial charge in [0.1, 0.15) is 0 Å². The van der Waals surface area contributed by atoms with E-state index in [9.17, 15) is 4.79 Å². The summed E-state index contributed by atoms with van der Waals surface area (Å²) in [5.41, 5.74) is 6.38. The fourth-order valence-corrected chi connectivity index (χ4v) is 2.32. The highest BCUT2D eigenvalue weighted by molar-refractivity contribution is 5.77. The third-order valence-corrected chi connectivity index (χ3v) is 4.27. The highest BCUT2D eigenvalue weighted by atomic mass is 16.2. The summed E-state index contributed by atoms with van der Waals surface area (Å²) in [4.78, 5) is 14.2. The minimum absolute atomic E-state index is 0.00118. The average Bonchev–Trinajstić information content (AvgIpc) is 2.63. The Morgan fingerprint density at radius 3 is 2.22 bits per heavy atom. The summed E-state index contributed by atoms with van der Waals surface area (Å²) in [5.74, 6) is 0.844. The molecule has 2 N–H and O–H groups in total. The van der Waals surface area contributed by atoms with Crippen molar-refractivity contribution in [3.05, 3.63) is 0 Å². The molecular weight excluding hydrogens is 224 g/mol. The number of carbonyl (C=O) groups is 1. The summed E-state index contributed by atoms with van der Waals surface area (Å²) in [6.45, 7) is 14.8. The minimum Gasteiger partial charge on any atom is -0.342 e. The molecular formula is C15H30N2O. The summed E-state index contributed by atoms with van der Waals surface area (Å²) in [7, 11) is 0. The van der Waals surface area contributed by atoms with Crippen molar-refractivity contribution in [2.45, 2.75) is 60.4 Å². The number of rotatable bonds is 2. The Kier molecular flexibility index (Phi) is 4.47. The molecule has 0 radical (unpaired) electrons. The van der Waals surface area contributed by atoms with E-state index in [0.717, 1.165) is 19.5 Å². The van der Waals surface area contributed by atoms with Gasteiger partial charge < -0.3 is 10.6 Å². The summed E-state index contributed by atoms with van der Waals surface area (Å²) in [6, 6.07) is -0.0568. The molecule has 0 bridgehead atoms. The van der Waals surface area contributed by atoms with Gasteiger partial charge >= 0.3 is 0 Å². The SMILES string of the molecule is CC(C)(C)C(N)CC(=O)N1CCC(C(C)(C)C)C1. The minimum atomic E-state index is -0.0568. The molecule has 0 saturated carbocycles. The van der Waals surface area contributed by atoms with Crippen molar-refractivity contribution in [1.29, 1.82) is 0 Å². The van der Waals surface area contributed by atoms with E-state index in [2.05, 4.69) is 41.5 Å². The molecule has 1 fully saturated rings. The number of amides is 1. The number of likely N-dealkylation sites (tertiary alicyclic amines) is 1. The van der Waals surface area contributed by atoms with Gasteiger partial charge in [0.2, 0.25) is 5.91 Å². The zero-order valence-corrected chi connectivity index (χ0v) is 12.9. The normalized spacial score (nSPS) is 23.3. The van der Waals surface area contributed by atoms with Crippen LogP contribution in [-0.4, -0.2) is 29.9 Å². The topological polar surface area (TPSA) is 46.3 Å². The molecule has 0 aromatic rings. The first-order valence-corrected chi connectivity index (χ1v) is 7.05. The van der Waals surface area contributed by atoms with Gasteiger partial charge in [-0.15, -0.1) is 0 Å². The second-order valence-electron chi connectivity index (χ2n) is 7.87. The maximum absolute atomic E-state index is 12.2. The van der Waals surface area contributed by atoms with Crippen molar-refractivity contribution >= 4 is 5.91 Å². The van der Waals surface area contributed by atoms with Crippen LogP contribution in [-0.2, 0) is 4.79 Å². The van der Waals surface area contributed by atoms with Crippen LogP contribution in [0.15, 0.2) is 0 Å². The molecule has 0 spiro atoms. The van der Waals surface area contributed by atoms with E-state index >= 15 is 0 Å². The molecule has 1 saturated heterocycles. The van der Waals surface area contributed by atoms with Crippen LogP contribution in [0.5, 0.6) is 0 Å². The van der Waals surface area contributed by atoms with Gasteiger partial charge in [-0.25, -0.2) is 0 Å². The number of hydrogen-bond acceptors (Lipinski definition) is 2. The van der Waals surface area contributed by atoms with Crippen LogP contribution in [0.3, 0.4) is 0 Å². The van der Waals surface area contributed by atoms with Crippen molar-refractivity contribution in [3.63, 3.8) is 0 Å². The van der Waals surface area contributed by atoms with Crippen LogP contribution in [0, 0.1) is 16.7 Å². The fourth-order valence-electron chi connectivity index (χ4n) is 2.32. The first-order chi connectivity index (χ1) is 8.01. The van der Waals surface area contributed by atoms with Crippen LogP contribution in [0.1, 0.15) is 54.4 Å². The first-order valence-electron chi connectivity index (χ1n) is 7.05. The Balaban J connectivity index is 2.51. The van der Waals surface area contributed by atoms with Crippen LogP contribution in [0.4, 0.5) is 0 Å². The van der Waals surface area contributed by atoms with E-state index in [1.54, 1.807) is 0 Å². The Morgan fingerprint density at radius 2 is 1.83 bits per heavy atom. The van der Waals surface area contributed by atoms with Crippen LogP contribution < -0.4 is 5.73 Å².